The molecule has 0 aliphatic rings. The van der Waals surface area contributed by atoms with Gasteiger partial charge in [-0.05, 0) is 37.6 Å². The molecular weight excluding hydrogens is 242 g/mol. The first kappa shape index (κ1) is 13.1. The second-order valence-corrected chi connectivity index (χ2v) is 4.35. The fourth-order valence-corrected chi connectivity index (χ4v) is 1.80. The summed E-state index contributed by atoms with van der Waals surface area (Å²) in [4.78, 5) is 11.9. The van der Waals surface area contributed by atoms with Gasteiger partial charge in [0.25, 0.3) is 0 Å². The van der Waals surface area contributed by atoms with Crippen LogP contribution in [0, 0.1) is 6.92 Å². The van der Waals surface area contributed by atoms with E-state index >= 15 is 0 Å². The number of carbonyl (C=O) groups excluding carboxylic acids is 1. The number of ether oxygens (including phenoxy) is 1. The first-order chi connectivity index (χ1) is 9.10. The maximum absolute atomic E-state index is 11.9. The molecular formula is C14H17N3O2. The van der Waals surface area contributed by atoms with Crippen LogP contribution in [0.5, 0.6) is 0 Å². The molecule has 0 aliphatic carbocycles. The summed E-state index contributed by atoms with van der Waals surface area (Å²) in [5, 5.41) is 4.12. The minimum atomic E-state index is -0.346. The lowest BCUT2D eigenvalue weighted by Gasteiger charge is -2.06. The second-order valence-electron chi connectivity index (χ2n) is 4.35. The predicted molar refractivity (Wildman–Crippen MR) is 72.6 cm³/mol. The molecule has 0 unspecified atom stereocenters. The quantitative estimate of drug-likeness (QED) is 0.674. The highest BCUT2D eigenvalue weighted by Crippen LogP contribution is 2.14. The van der Waals surface area contributed by atoms with Crippen molar-refractivity contribution in [1.29, 1.82) is 0 Å². The van der Waals surface area contributed by atoms with Gasteiger partial charge in [0.1, 0.15) is 6.61 Å². The van der Waals surface area contributed by atoms with Crippen molar-refractivity contribution >= 4 is 11.7 Å². The van der Waals surface area contributed by atoms with Gasteiger partial charge in [-0.1, -0.05) is 0 Å². The van der Waals surface area contributed by atoms with Crippen LogP contribution >= 0.6 is 0 Å². The molecule has 5 nitrogen and oxygen atoms in total. The first-order valence-electron chi connectivity index (χ1n) is 6.14. The Labute approximate surface area is 112 Å². The van der Waals surface area contributed by atoms with Crippen molar-refractivity contribution in [3.63, 3.8) is 0 Å². The molecule has 0 saturated heterocycles. The number of nitrogens with two attached hydrogens (primary N) is 1. The highest BCUT2D eigenvalue weighted by molar-refractivity contribution is 5.91. The number of hydrogen-bond acceptors (Lipinski definition) is 4. The Morgan fingerprint density at radius 1 is 1.47 bits per heavy atom. The van der Waals surface area contributed by atoms with Crippen molar-refractivity contribution in [3.8, 4) is 0 Å². The van der Waals surface area contributed by atoms with Crippen LogP contribution in [0.3, 0.4) is 0 Å². The molecule has 0 fully saturated rings. The fourth-order valence-electron chi connectivity index (χ4n) is 1.80. The van der Waals surface area contributed by atoms with Crippen LogP contribution in [0.1, 0.15) is 28.4 Å². The van der Waals surface area contributed by atoms with Crippen molar-refractivity contribution in [2.24, 2.45) is 0 Å². The largest absolute Gasteiger partial charge is 0.457 e. The first-order valence-corrected chi connectivity index (χ1v) is 6.14. The van der Waals surface area contributed by atoms with Crippen LogP contribution in [-0.4, -0.2) is 15.7 Å². The van der Waals surface area contributed by atoms with E-state index in [4.69, 9.17) is 10.5 Å². The third-order valence-corrected chi connectivity index (χ3v) is 2.85. The van der Waals surface area contributed by atoms with Crippen molar-refractivity contribution in [1.82, 2.24) is 9.78 Å². The molecule has 0 amide bonds. The normalized spacial score (nSPS) is 10.4. The number of hydrogen-bond donors (Lipinski definition) is 1. The Morgan fingerprint density at radius 2 is 2.26 bits per heavy atom. The average Bonchev–Trinajstić information content (AvgIpc) is 2.84. The minimum Gasteiger partial charge on any atom is -0.457 e. The molecule has 1 heterocycles. The predicted octanol–water partition coefficient (Wildman–Crippen LogP) is 2.15. The van der Waals surface area contributed by atoms with E-state index in [2.05, 4.69) is 5.10 Å². The van der Waals surface area contributed by atoms with Gasteiger partial charge in [-0.3, -0.25) is 4.68 Å². The van der Waals surface area contributed by atoms with Crippen LogP contribution in [-0.2, 0) is 17.9 Å². The van der Waals surface area contributed by atoms with Crippen molar-refractivity contribution in [3.05, 3.63) is 47.3 Å². The Morgan fingerprint density at radius 3 is 2.89 bits per heavy atom. The molecule has 0 bridgehead atoms. The number of nitrogen functional groups attached to an aromatic ring is 1. The van der Waals surface area contributed by atoms with Gasteiger partial charge in [0.05, 0.1) is 11.8 Å². The SMILES string of the molecule is CCn1cc(COC(=O)c2ccc(N)cc2C)cn1. The summed E-state index contributed by atoms with van der Waals surface area (Å²) >= 11 is 0. The third-order valence-electron chi connectivity index (χ3n) is 2.85. The standard InChI is InChI=1S/C14H17N3O2/c1-3-17-8-11(7-16-17)9-19-14(18)13-5-4-12(15)6-10(13)2/h4-8H,3,9,15H2,1-2H3. The van der Waals surface area contributed by atoms with E-state index in [0.717, 1.165) is 17.7 Å². The number of aryl methyl sites for hydroxylation is 2. The zero-order valence-electron chi connectivity index (χ0n) is 11.1. The number of aromatic nitrogens is 2. The van der Waals surface area contributed by atoms with Gasteiger partial charge < -0.3 is 10.5 Å². The van der Waals surface area contributed by atoms with Crippen molar-refractivity contribution < 1.29 is 9.53 Å². The van der Waals surface area contributed by atoms with Gasteiger partial charge in [-0.2, -0.15) is 5.10 Å². The lowest BCUT2D eigenvalue weighted by atomic mass is 10.1. The van der Waals surface area contributed by atoms with Gasteiger partial charge in [-0.25, -0.2) is 4.79 Å². The lowest BCUT2D eigenvalue weighted by molar-refractivity contribution is 0.0472. The number of esters is 1. The summed E-state index contributed by atoms with van der Waals surface area (Å²) in [5.41, 5.74) is 8.52. The van der Waals surface area contributed by atoms with E-state index in [1.165, 1.54) is 0 Å². The summed E-state index contributed by atoms with van der Waals surface area (Å²) in [6, 6.07) is 5.13. The van der Waals surface area contributed by atoms with E-state index in [9.17, 15) is 4.79 Å². The van der Waals surface area contributed by atoms with Gasteiger partial charge in [0.2, 0.25) is 0 Å². The molecule has 0 atom stereocenters. The summed E-state index contributed by atoms with van der Waals surface area (Å²) < 4.78 is 7.05. The Kier molecular flexibility index (Phi) is 3.85. The van der Waals surface area contributed by atoms with E-state index in [0.29, 0.717) is 11.3 Å². The van der Waals surface area contributed by atoms with E-state index in [-0.39, 0.29) is 12.6 Å². The number of rotatable bonds is 4. The fraction of sp³-hybridized carbons (Fsp3) is 0.286. The van der Waals surface area contributed by atoms with Crippen LogP contribution in [0.4, 0.5) is 5.69 Å². The average molecular weight is 259 g/mol. The van der Waals surface area contributed by atoms with Crippen LogP contribution in [0.15, 0.2) is 30.6 Å². The van der Waals surface area contributed by atoms with E-state index < -0.39 is 0 Å². The number of carbonyl (C=O) groups is 1. The Bertz CT molecular complexity index is 590. The molecule has 2 rings (SSSR count). The van der Waals surface area contributed by atoms with Gasteiger partial charge in [-0.15, -0.1) is 0 Å². The molecule has 2 aromatic rings. The number of anilines is 1. The topological polar surface area (TPSA) is 70.1 Å². The molecule has 1 aromatic heterocycles. The Balaban J connectivity index is 2.01. The van der Waals surface area contributed by atoms with Gasteiger partial charge >= 0.3 is 5.97 Å². The smallest absolute Gasteiger partial charge is 0.338 e. The van der Waals surface area contributed by atoms with Crippen molar-refractivity contribution in [2.75, 3.05) is 5.73 Å². The summed E-state index contributed by atoms with van der Waals surface area (Å²) in [6.45, 7) is 4.86. The molecule has 1 aromatic carbocycles. The summed E-state index contributed by atoms with van der Waals surface area (Å²) in [5.74, 6) is -0.346. The van der Waals surface area contributed by atoms with Gasteiger partial charge in [0, 0.05) is 24.0 Å². The third kappa shape index (κ3) is 3.13. The summed E-state index contributed by atoms with van der Waals surface area (Å²) in [7, 11) is 0. The zero-order chi connectivity index (χ0) is 13.8. The zero-order valence-corrected chi connectivity index (χ0v) is 11.1. The molecule has 0 spiro atoms. The second kappa shape index (κ2) is 5.56. The molecule has 0 saturated carbocycles. The highest BCUT2D eigenvalue weighted by atomic mass is 16.5. The molecule has 100 valence electrons. The highest BCUT2D eigenvalue weighted by Gasteiger charge is 2.11. The number of nitrogens with zero attached hydrogens (tertiary/aromatic N) is 2. The molecule has 2 N–H and O–H groups in total. The van der Waals surface area contributed by atoms with Crippen molar-refractivity contribution in [2.45, 2.75) is 27.0 Å². The monoisotopic (exact) mass is 259 g/mol. The van der Waals surface area contributed by atoms with Crippen LogP contribution in [0.2, 0.25) is 0 Å². The minimum absolute atomic E-state index is 0.225. The lowest BCUT2D eigenvalue weighted by Crippen LogP contribution is -2.07. The molecule has 19 heavy (non-hydrogen) atoms. The molecule has 0 aliphatic heterocycles. The van der Waals surface area contributed by atoms with E-state index in [1.54, 1.807) is 29.1 Å². The van der Waals surface area contributed by atoms with Crippen LogP contribution in [0.25, 0.3) is 0 Å². The number of benzene rings is 1. The maximum atomic E-state index is 11.9. The van der Waals surface area contributed by atoms with E-state index in [1.807, 2.05) is 20.0 Å². The van der Waals surface area contributed by atoms with Crippen LogP contribution < -0.4 is 5.73 Å². The maximum Gasteiger partial charge on any atom is 0.338 e. The molecule has 0 radical (unpaired) electrons. The molecule has 5 heteroatoms. The van der Waals surface area contributed by atoms with Gasteiger partial charge in [0.15, 0.2) is 0 Å². The summed E-state index contributed by atoms with van der Waals surface area (Å²) in [6.07, 6.45) is 3.57. The Hall–Kier alpha value is -2.30.